The fourth-order valence-electron chi connectivity index (χ4n) is 3.19. The summed E-state index contributed by atoms with van der Waals surface area (Å²) < 4.78 is 0. The van der Waals surface area contributed by atoms with Crippen LogP contribution in [0.4, 0.5) is 0 Å². The molecule has 1 aromatic rings. The van der Waals surface area contributed by atoms with Crippen LogP contribution >= 0.6 is 0 Å². The van der Waals surface area contributed by atoms with Gasteiger partial charge in [-0.3, -0.25) is 9.59 Å². The fraction of sp³-hybridized carbons (Fsp3) is 0.529. The maximum absolute atomic E-state index is 12.4. The van der Waals surface area contributed by atoms with E-state index in [2.05, 4.69) is 11.4 Å². The van der Waals surface area contributed by atoms with Gasteiger partial charge < -0.3 is 10.4 Å². The number of carbonyl (C=O) groups excluding carboxylic acids is 1. The Labute approximate surface area is 125 Å². The third-order valence-corrected chi connectivity index (χ3v) is 4.43. The smallest absolute Gasteiger partial charge is 0.307 e. The highest BCUT2D eigenvalue weighted by atomic mass is 16.4. The predicted molar refractivity (Wildman–Crippen MR) is 80.9 cm³/mol. The molecule has 4 heteroatoms. The normalized spacial score (nSPS) is 22.8. The SMILES string of the molecule is Cc1ccc(C)c(C(C)NC(=O)[C@@H]2CCC[C@@H]2C(=O)O)c1. The minimum absolute atomic E-state index is 0.104. The molecule has 0 aliphatic heterocycles. The maximum atomic E-state index is 12.4. The van der Waals surface area contributed by atoms with E-state index < -0.39 is 17.8 Å². The molecule has 0 bridgehead atoms. The summed E-state index contributed by atoms with van der Waals surface area (Å²) in [6.45, 7) is 5.99. The molecular weight excluding hydrogens is 266 g/mol. The van der Waals surface area contributed by atoms with Crippen molar-refractivity contribution in [2.45, 2.75) is 46.1 Å². The van der Waals surface area contributed by atoms with Crippen molar-refractivity contribution < 1.29 is 14.7 Å². The highest BCUT2D eigenvalue weighted by molar-refractivity contribution is 5.85. The minimum atomic E-state index is -0.855. The van der Waals surface area contributed by atoms with E-state index in [1.165, 1.54) is 0 Å². The van der Waals surface area contributed by atoms with E-state index in [1.54, 1.807) is 0 Å². The molecular formula is C17H23NO3. The zero-order chi connectivity index (χ0) is 15.6. The van der Waals surface area contributed by atoms with Gasteiger partial charge in [0, 0.05) is 0 Å². The van der Waals surface area contributed by atoms with Crippen molar-refractivity contribution in [2.24, 2.45) is 11.8 Å². The van der Waals surface area contributed by atoms with Gasteiger partial charge in [0.25, 0.3) is 0 Å². The number of carboxylic acid groups (broad SMARTS) is 1. The Morgan fingerprint density at radius 3 is 2.57 bits per heavy atom. The second kappa shape index (κ2) is 6.29. The molecule has 1 aromatic carbocycles. The van der Waals surface area contributed by atoms with E-state index in [1.807, 2.05) is 32.9 Å². The monoisotopic (exact) mass is 289 g/mol. The zero-order valence-electron chi connectivity index (χ0n) is 12.8. The molecule has 0 aromatic heterocycles. The largest absolute Gasteiger partial charge is 0.481 e. The number of aryl methyl sites for hydroxylation is 2. The molecule has 1 fully saturated rings. The number of carboxylic acids is 1. The molecule has 21 heavy (non-hydrogen) atoms. The molecule has 1 saturated carbocycles. The van der Waals surface area contributed by atoms with Crippen LogP contribution in [0.25, 0.3) is 0 Å². The van der Waals surface area contributed by atoms with E-state index in [9.17, 15) is 14.7 Å². The summed E-state index contributed by atoms with van der Waals surface area (Å²) in [6, 6.07) is 6.06. The van der Waals surface area contributed by atoms with Gasteiger partial charge in [0.2, 0.25) is 5.91 Å². The summed E-state index contributed by atoms with van der Waals surface area (Å²) in [5.74, 6) is -1.91. The first kappa shape index (κ1) is 15.5. The van der Waals surface area contributed by atoms with Crippen LogP contribution in [-0.4, -0.2) is 17.0 Å². The molecule has 0 spiro atoms. The van der Waals surface area contributed by atoms with Gasteiger partial charge in [0.1, 0.15) is 0 Å². The van der Waals surface area contributed by atoms with Gasteiger partial charge in [-0.2, -0.15) is 0 Å². The zero-order valence-corrected chi connectivity index (χ0v) is 12.8. The molecule has 1 aliphatic carbocycles. The number of rotatable bonds is 4. The van der Waals surface area contributed by atoms with Crippen molar-refractivity contribution in [3.05, 3.63) is 34.9 Å². The van der Waals surface area contributed by atoms with Crippen molar-refractivity contribution in [2.75, 3.05) is 0 Å². The van der Waals surface area contributed by atoms with Gasteiger partial charge in [-0.25, -0.2) is 0 Å². The quantitative estimate of drug-likeness (QED) is 0.895. The van der Waals surface area contributed by atoms with E-state index in [4.69, 9.17) is 0 Å². The van der Waals surface area contributed by atoms with Crippen LogP contribution in [0.3, 0.4) is 0 Å². The maximum Gasteiger partial charge on any atom is 0.307 e. The van der Waals surface area contributed by atoms with Crippen LogP contribution < -0.4 is 5.32 Å². The van der Waals surface area contributed by atoms with Gasteiger partial charge in [0.05, 0.1) is 17.9 Å². The Balaban J connectivity index is 2.08. The summed E-state index contributed by atoms with van der Waals surface area (Å²) >= 11 is 0. The molecule has 4 nitrogen and oxygen atoms in total. The molecule has 0 heterocycles. The number of aliphatic carboxylic acids is 1. The van der Waals surface area contributed by atoms with Crippen LogP contribution in [0.15, 0.2) is 18.2 Å². The second-order valence-electron chi connectivity index (χ2n) is 6.07. The summed E-state index contributed by atoms with van der Waals surface area (Å²) in [5.41, 5.74) is 3.38. The first-order chi connectivity index (χ1) is 9.90. The number of nitrogens with one attached hydrogen (secondary N) is 1. The van der Waals surface area contributed by atoms with E-state index in [-0.39, 0.29) is 11.9 Å². The van der Waals surface area contributed by atoms with Crippen LogP contribution in [-0.2, 0) is 9.59 Å². The first-order valence-corrected chi connectivity index (χ1v) is 7.50. The van der Waals surface area contributed by atoms with Crippen molar-refractivity contribution in [1.29, 1.82) is 0 Å². The molecule has 0 saturated heterocycles. The van der Waals surface area contributed by atoms with Gasteiger partial charge >= 0.3 is 5.97 Å². The summed E-state index contributed by atoms with van der Waals surface area (Å²) in [7, 11) is 0. The molecule has 0 radical (unpaired) electrons. The Morgan fingerprint density at radius 1 is 1.24 bits per heavy atom. The fourth-order valence-corrected chi connectivity index (χ4v) is 3.19. The third kappa shape index (κ3) is 3.43. The van der Waals surface area contributed by atoms with Crippen molar-refractivity contribution in [1.82, 2.24) is 5.32 Å². The summed E-state index contributed by atoms with van der Waals surface area (Å²) in [5, 5.41) is 12.2. The van der Waals surface area contributed by atoms with Crippen LogP contribution in [0.2, 0.25) is 0 Å². The number of benzene rings is 1. The molecule has 3 atom stereocenters. The average Bonchev–Trinajstić information content (AvgIpc) is 2.91. The Bertz CT molecular complexity index is 553. The van der Waals surface area contributed by atoms with E-state index in [0.29, 0.717) is 12.8 Å². The summed E-state index contributed by atoms with van der Waals surface area (Å²) in [6.07, 6.45) is 2.08. The van der Waals surface area contributed by atoms with Crippen molar-refractivity contribution in [3.63, 3.8) is 0 Å². The average molecular weight is 289 g/mol. The molecule has 2 N–H and O–H groups in total. The lowest BCUT2D eigenvalue weighted by Crippen LogP contribution is -2.36. The Hall–Kier alpha value is -1.84. The number of hydrogen-bond donors (Lipinski definition) is 2. The first-order valence-electron chi connectivity index (χ1n) is 7.50. The van der Waals surface area contributed by atoms with Gasteiger partial charge in [-0.1, -0.05) is 30.2 Å². The topological polar surface area (TPSA) is 66.4 Å². The second-order valence-corrected chi connectivity index (χ2v) is 6.07. The molecule has 114 valence electrons. The van der Waals surface area contributed by atoms with E-state index in [0.717, 1.165) is 23.1 Å². The van der Waals surface area contributed by atoms with Gasteiger partial charge in [-0.05, 0) is 44.7 Å². The predicted octanol–water partition coefficient (Wildman–Crippen LogP) is 2.98. The highest BCUT2D eigenvalue weighted by Gasteiger charge is 2.38. The molecule has 1 amide bonds. The highest BCUT2D eigenvalue weighted by Crippen LogP contribution is 2.32. The molecule has 1 aliphatic rings. The van der Waals surface area contributed by atoms with Gasteiger partial charge in [-0.15, -0.1) is 0 Å². The minimum Gasteiger partial charge on any atom is -0.481 e. The van der Waals surface area contributed by atoms with Crippen molar-refractivity contribution in [3.8, 4) is 0 Å². The lowest BCUT2D eigenvalue weighted by molar-refractivity contribution is -0.146. The number of carbonyl (C=O) groups is 2. The molecule has 1 unspecified atom stereocenters. The van der Waals surface area contributed by atoms with Crippen LogP contribution in [0.5, 0.6) is 0 Å². The molecule has 2 rings (SSSR count). The number of amides is 1. The standard InChI is InChI=1S/C17H23NO3/c1-10-7-8-11(2)15(9-10)12(3)18-16(19)13-5-4-6-14(13)17(20)21/h7-9,12-14H,4-6H2,1-3H3,(H,18,19)(H,20,21)/t12?,13-,14+/m1/s1. The number of hydrogen-bond acceptors (Lipinski definition) is 2. The van der Waals surface area contributed by atoms with Gasteiger partial charge in [0.15, 0.2) is 0 Å². The van der Waals surface area contributed by atoms with Crippen molar-refractivity contribution >= 4 is 11.9 Å². The van der Waals surface area contributed by atoms with Crippen LogP contribution in [0, 0.1) is 25.7 Å². The summed E-state index contributed by atoms with van der Waals surface area (Å²) in [4.78, 5) is 23.6. The van der Waals surface area contributed by atoms with E-state index >= 15 is 0 Å². The lowest BCUT2D eigenvalue weighted by atomic mass is 9.94. The Morgan fingerprint density at radius 2 is 1.90 bits per heavy atom. The lowest BCUT2D eigenvalue weighted by Gasteiger charge is -2.21. The van der Waals surface area contributed by atoms with Crippen LogP contribution in [0.1, 0.15) is 48.9 Å². The Kier molecular flexibility index (Phi) is 4.66. The third-order valence-electron chi connectivity index (χ3n) is 4.43.